The lowest BCUT2D eigenvalue weighted by atomic mass is 10.2. The average molecular weight is 329 g/mol. The SMILES string of the molecule is O=C([O-])c1ccc(S(=O)(=O)Nc2cc(Cl)ccc2F)cc1. The van der Waals surface area contributed by atoms with Crippen LogP contribution in [0.15, 0.2) is 47.4 Å². The van der Waals surface area contributed by atoms with Crippen LogP contribution in [0.2, 0.25) is 5.02 Å². The molecule has 8 heteroatoms. The molecule has 0 fully saturated rings. The van der Waals surface area contributed by atoms with Gasteiger partial charge in [0.1, 0.15) is 5.82 Å². The molecule has 0 bridgehead atoms. The molecule has 0 aliphatic carbocycles. The number of benzene rings is 2. The highest BCUT2D eigenvalue weighted by Crippen LogP contribution is 2.23. The van der Waals surface area contributed by atoms with Crippen LogP contribution < -0.4 is 9.83 Å². The van der Waals surface area contributed by atoms with Crippen LogP contribution in [0.3, 0.4) is 0 Å². The van der Waals surface area contributed by atoms with Gasteiger partial charge in [0.25, 0.3) is 10.0 Å². The fraction of sp³-hybridized carbons (Fsp3) is 0. The molecule has 0 saturated heterocycles. The van der Waals surface area contributed by atoms with Gasteiger partial charge in [-0.05, 0) is 35.9 Å². The highest BCUT2D eigenvalue weighted by Gasteiger charge is 2.16. The van der Waals surface area contributed by atoms with E-state index in [0.717, 1.165) is 36.4 Å². The van der Waals surface area contributed by atoms with E-state index in [1.165, 1.54) is 6.07 Å². The Morgan fingerprint density at radius 3 is 2.33 bits per heavy atom. The molecule has 0 aliphatic heterocycles. The van der Waals surface area contributed by atoms with Crippen molar-refractivity contribution in [2.45, 2.75) is 4.90 Å². The Bertz CT molecular complexity index is 790. The maximum atomic E-state index is 13.5. The Balaban J connectivity index is 2.34. The molecule has 2 aromatic carbocycles. The summed E-state index contributed by atoms with van der Waals surface area (Å²) in [4.78, 5) is 10.4. The molecule has 0 aromatic heterocycles. The molecule has 2 rings (SSSR count). The van der Waals surface area contributed by atoms with Gasteiger partial charge in [-0.25, -0.2) is 12.8 Å². The van der Waals surface area contributed by atoms with Crippen LogP contribution >= 0.6 is 11.6 Å². The van der Waals surface area contributed by atoms with Gasteiger partial charge in [0.05, 0.1) is 16.6 Å². The first-order valence-electron chi connectivity index (χ1n) is 5.59. The zero-order valence-corrected chi connectivity index (χ0v) is 11.9. The third-order valence-corrected chi connectivity index (χ3v) is 4.19. The molecule has 0 spiro atoms. The maximum Gasteiger partial charge on any atom is 0.261 e. The lowest BCUT2D eigenvalue weighted by Crippen LogP contribution is -2.22. The molecule has 5 nitrogen and oxygen atoms in total. The molecule has 110 valence electrons. The van der Waals surface area contributed by atoms with E-state index in [9.17, 15) is 22.7 Å². The summed E-state index contributed by atoms with van der Waals surface area (Å²) in [7, 11) is -4.06. The number of aromatic carboxylic acids is 1. The summed E-state index contributed by atoms with van der Waals surface area (Å²) in [5.41, 5.74) is -0.464. The Morgan fingerprint density at radius 2 is 1.76 bits per heavy atom. The maximum absolute atomic E-state index is 13.5. The van der Waals surface area contributed by atoms with Crippen LogP contribution in [0.5, 0.6) is 0 Å². The van der Waals surface area contributed by atoms with Crippen molar-refractivity contribution in [3.8, 4) is 0 Å². The predicted molar refractivity (Wildman–Crippen MR) is 73.0 cm³/mol. The first-order valence-corrected chi connectivity index (χ1v) is 7.45. The average Bonchev–Trinajstić information content (AvgIpc) is 2.43. The van der Waals surface area contributed by atoms with Crippen molar-refractivity contribution >= 4 is 33.3 Å². The summed E-state index contributed by atoms with van der Waals surface area (Å²) in [5, 5.41) is 10.8. The summed E-state index contributed by atoms with van der Waals surface area (Å²) in [5.74, 6) is -2.21. The van der Waals surface area contributed by atoms with Crippen LogP contribution in [-0.4, -0.2) is 14.4 Å². The number of carbonyl (C=O) groups excluding carboxylic acids is 1. The van der Waals surface area contributed by atoms with Gasteiger partial charge in [-0.3, -0.25) is 4.72 Å². The number of rotatable bonds is 4. The number of sulfonamides is 1. The molecule has 1 N–H and O–H groups in total. The Labute approximate surface area is 125 Å². The van der Waals surface area contributed by atoms with Crippen LogP contribution in [0, 0.1) is 5.82 Å². The van der Waals surface area contributed by atoms with Crippen molar-refractivity contribution in [1.29, 1.82) is 0 Å². The monoisotopic (exact) mass is 328 g/mol. The van der Waals surface area contributed by atoms with Gasteiger partial charge in [-0.1, -0.05) is 23.7 Å². The first kappa shape index (κ1) is 15.3. The summed E-state index contributed by atoms with van der Waals surface area (Å²) in [6.07, 6.45) is 0. The molecular weight excluding hydrogens is 321 g/mol. The summed E-state index contributed by atoms with van der Waals surface area (Å²) >= 11 is 5.67. The van der Waals surface area contributed by atoms with Gasteiger partial charge < -0.3 is 9.90 Å². The van der Waals surface area contributed by atoms with Gasteiger partial charge in [-0.2, -0.15) is 0 Å². The van der Waals surface area contributed by atoms with Crippen molar-refractivity contribution in [3.05, 3.63) is 58.9 Å². The number of nitrogens with one attached hydrogen (secondary N) is 1. The van der Waals surface area contributed by atoms with Crippen molar-refractivity contribution in [2.24, 2.45) is 0 Å². The lowest BCUT2D eigenvalue weighted by molar-refractivity contribution is -0.255. The van der Waals surface area contributed by atoms with Gasteiger partial charge >= 0.3 is 0 Å². The van der Waals surface area contributed by atoms with Crippen molar-refractivity contribution < 1.29 is 22.7 Å². The van der Waals surface area contributed by atoms with E-state index >= 15 is 0 Å². The molecule has 0 heterocycles. The predicted octanol–water partition coefficient (Wildman–Crippen LogP) is 1.64. The minimum atomic E-state index is -4.06. The van der Waals surface area contributed by atoms with E-state index in [2.05, 4.69) is 0 Å². The number of hydrogen-bond donors (Lipinski definition) is 1. The highest BCUT2D eigenvalue weighted by atomic mass is 35.5. The third kappa shape index (κ3) is 3.50. The Morgan fingerprint density at radius 1 is 1.14 bits per heavy atom. The van der Waals surface area contributed by atoms with Crippen LogP contribution in [0.25, 0.3) is 0 Å². The number of carbonyl (C=O) groups is 1. The summed E-state index contributed by atoms with van der Waals surface area (Å²) in [6.45, 7) is 0. The minimum Gasteiger partial charge on any atom is -0.545 e. The number of halogens is 2. The van der Waals surface area contributed by atoms with E-state index in [1.807, 2.05) is 4.72 Å². The first-order chi connectivity index (χ1) is 9.79. The van der Waals surface area contributed by atoms with Gasteiger partial charge in [-0.15, -0.1) is 0 Å². The minimum absolute atomic E-state index is 0.164. The van der Waals surface area contributed by atoms with Crippen molar-refractivity contribution in [2.75, 3.05) is 4.72 Å². The second kappa shape index (κ2) is 5.71. The number of anilines is 1. The fourth-order valence-corrected chi connectivity index (χ4v) is 2.78. The van der Waals surface area contributed by atoms with Crippen LogP contribution in [0.4, 0.5) is 10.1 Å². The zero-order chi connectivity index (χ0) is 15.6. The molecule has 0 radical (unpaired) electrons. The molecule has 2 aromatic rings. The van der Waals surface area contributed by atoms with Crippen LogP contribution in [-0.2, 0) is 10.0 Å². The molecule has 0 amide bonds. The van der Waals surface area contributed by atoms with Crippen molar-refractivity contribution in [1.82, 2.24) is 0 Å². The fourth-order valence-electron chi connectivity index (χ4n) is 1.55. The topological polar surface area (TPSA) is 86.3 Å². The summed E-state index contributed by atoms with van der Waals surface area (Å²) < 4.78 is 39.7. The molecule has 0 atom stereocenters. The quantitative estimate of drug-likeness (QED) is 0.924. The van der Waals surface area contributed by atoms with Gasteiger partial charge in [0.2, 0.25) is 0 Å². The number of hydrogen-bond acceptors (Lipinski definition) is 4. The Hall–Kier alpha value is -2.12. The van der Waals surface area contributed by atoms with Gasteiger partial charge in [0, 0.05) is 5.02 Å². The van der Waals surface area contributed by atoms with Crippen molar-refractivity contribution in [3.63, 3.8) is 0 Å². The second-order valence-electron chi connectivity index (χ2n) is 4.04. The standard InChI is InChI=1S/C13H9ClFNO4S/c14-9-3-6-11(15)12(7-9)16-21(19,20)10-4-1-8(2-5-10)13(17)18/h1-7,16H,(H,17,18)/p-1. The largest absolute Gasteiger partial charge is 0.545 e. The molecule has 0 saturated carbocycles. The normalized spacial score (nSPS) is 11.1. The third-order valence-electron chi connectivity index (χ3n) is 2.57. The number of carboxylic acid groups (broad SMARTS) is 1. The molecule has 0 unspecified atom stereocenters. The molecular formula is C13H8ClFNO4S-. The molecule has 21 heavy (non-hydrogen) atoms. The smallest absolute Gasteiger partial charge is 0.261 e. The second-order valence-corrected chi connectivity index (χ2v) is 6.16. The van der Waals surface area contributed by atoms with E-state index in [0.29, 0.717) is 0 Å². The van der Waals surface area contributed by atoms with E-state index in [4.69, 9.17) is 11.6 Å². The lowest BCUT2D eigenvalue weighted by Gasteiger charge is -2.10. The van der Waals surface area contributed by atoms with E-state index in [1.54, 1.807) is 0 Å². The van der Waals surface area contributed by atoms with E-state index < -0.39 is 21.8 Å². The van der Waals surface area contributed by atoms with E-state index in [-0.39, 0.29) is 21.2 Å². The highest BCUT2D eigenvalue weighted by molar-refractivity contribution is 7.92. The Kier molecular flexibility index (Phi) is 4.15. The summed E-state index contributed by atoms with van der Waals surface area (Å²) in [6, 6.07) is 7.76. The van der Waals surface area contributed by atoms with Gasteiger partial charge in [0.15, 0.2) is 0 Å². The number of carboxylic acids is 1. The molecule has 0 aliphatic rings. The van der Waals surface area contributed by atoms with Crippen LogP contribution in [0.1, 0.15) is 10.4 Å². The zero-order valence-electron chi connectivity index (χ0n) is 10.3.